The second-order valence-electron chi connectivity index (χ2n) is 5.98. The van der Waals surface area contributed by atoms with Gasteiger partial charge >= 0.3 is 17.1 Å². The molecule has 3 heterocycles. The maximum Gasteiger partial charge on any atom is 0.336 e. The highest BCUT2D eigenvalue weighted by Crippen LogP contribution is 2.10. The third-order valence-electron chi connectivity index (χ3n) is 3.51. The van der Waals surface area contributed by atoms with Crippen molar-refractivity contribution in [3.05, 3.63) is 31.5 Å². The molecule has 21 heavy (non-hydrogen) atoms. The molecule has 0 amide bonds. The molecule has 8 nitrogen and oxygen atoms in total. The summed E-state index contributed by atoms with van der Waals surface area (Å²) in [4.78, 5) is 37.2. The monoisotopic (exact) mass is 297 g/mol. The Hall–Kier alpha value is -1.67. The third-order valence-corrected chi connectivity index (χ3v) is 3.51. The van der Waals surface area contributed by atoms with Crippen molar-refractivity contribution in [1.82, 2.24) is 13.7 Å². The van der Waals surface area contributed by atoms with Crippen LogP contribution in [0.1, 0.15) is 13.8 Å². The lowest BCUT2D eigenvalue weighted by Gasteiger charge is -2.14. The highest BCUT2D eigenvalue weighted by Gasteiger charge is 2.29. The topological polar surface area (TPSA) is 91.1 Å². The van der Waals surface area contributed by atoms with Gasteiger partial charge in [0.1, 0.15) is 0 Å². The first kappa shape index (κ1) is 14.3. The minimum Gasteiger partial charge on any atom is -0.371 e. The standard InChI is InChI=1S/C13H19N3O5/c1-8(2)3-14-11(17)15(4-9-6-20-9)13(19)16(12(14)18)5-10-7-21-10/h8-10H,3-7H2,1-2H3. The minimum atomic E-state index is -0.573. The zero-order chi connectivity index (χ0) is 15.1. The molecule has 2 fully saturated rings. The van der Waals surface area contributed by atoms with Crippen molar-refractivity contribution in [2.75, 3.05) is 13.2 Å². The second kappa shape index (κ2) is 5.27. The molecule has 0 spiro atoms. The van der Waals surface area contributed by atoms with E-state index in [9.17, 15) is 14.4 Å². The predicted molar refractivity (Wildman–Crippen MR) is 73.5 cm³/mol. The summed E-state index contributed by atoms with van der Waals surface area (Å²) >= 11 is 0. The first-order valence-corrected chi connectivity index (χ1v) is 7.15. The van der Waals surface area contributed by atoms with Crippen LogP contribution in [0.3, 0.4) is 0 Å². The maximum atomic E-state index is 12.4. The van der Waals surface area contributed by atoms with Crippen LogP contribution in [0.5, 0.6) is 0 Å². The molecule has 3 rings (SSSR count). The van der Waals surface area contributed by atoms with Crippen LogP contribution in [-0.4, -0.2) is 39.1 Å². The van der Waals surface area contributed by atoms with Crippen LogP contribution in [0.15, 0.2) is 14.4 Å². The molecule has 0 N–H and O–H groups in total. The van der Waals surface area contributed by atoms with Crippen molar-refractivity contribution < 1.29 is 9.47 Å². The number of aromatic nitrogens is 3. The van der Waals surface area contributed by atoms with Crippen molar-refractivity contribution in [2.24, 2.45) is 5.92 Å². The molecule has 2 atom stereocenters. The van der Waals surface area contributed by atoms with Gasteiger partial charge in [0.25, 0.3) is 0 Å². The number of rotatable bonds is 6. The van der Waals surface area contributed by atoms with Crippen LogP contribution in [-0.2, 0) is 29.1 Å². The summed E-state index contributed by atoms with van der Waals surface area (Å²) in [6.45, 7) is 5.60. The van der Waals surface area contributed by atoms with Crippen molar-refractivity contribution >= 4 is 0 Å². The molecule has 0 aliphatic carbocycles. The van der Waals surface area contributed by atoms with E-state index in [0.29, 0.717) is 13.2 Å². The molecule has 2 unspecified atom stereocenters. The summed E-state index contributed by atoms with van der Waals surface area (Å²) < 4.78 is 13.5. The molecule has 0 bridgehead atoms. The first-order valence-electron chi connectivity index (χ1n) is 7.15. The van der Waals surface area contributed by atoms with E-state index in [1.165, 1.54) is 0 Å². The molecular formula is C13H19N3O5. The lowest BCUT2D eigenvalue weighted by molar-refractivity contribution is 0.334. The average Bonchev–Trinajstić information content (AvgIpc) is 3.30. The molecule has 2 aliphatic heterocycles. The largest absolute Gasteiger partial charge is 0.371 e. The Kier molecular flexibility index (Phi) is 3.58. The van der Waals surface area contributed by atoms with E-state index in [1.54, 1.807) is 0 Å². The highest BCUT2D eigenvalue weighted by atomic mass is 16.6. The molecule has 2 aliphatic rings. The lowest BCUT2D eigenvalue weighted by atomic mass is 10.2. The smallest absolute Gasteiger partial charge is 0.336 e. The maximum absolute atomic E-state index is 12.4. The SMILES string of the molecule is CC(C)Cn1c(=O)n(CC2CO2)c(=O)n(CC2CO2)c1=O. The summed E-state index contributed by atoms with van der Waals surface area (Å²) in [5.74, 6) is 0.129. The fraction of sp³-hybridized carbons (Fsp3) is 0.769. The predicted octanol–water partition coefficient (Wildman–Crippen LogP) is -1.37. The van der Waals surface area contributed by atoms with Crippen LogP contribution in [0, 0.1) is 5.92 Å². The van der Waals surface area contributed by atoms with Gasteiger partial charge in [0.05, 0.1) is 38.5 Å². The average molecular weight is 297 g/mol. The zero-order valence-corrected chi connectivity index (χ0v) is 12.2. The Morgan fingerprint density at radius 2 is 1.29 bits per heavy atom. The Morgan fingerprint density at radius 3 is 1.62 bits per heavy atom. The van der Waals surface area contributed by atoms with Gasteiger partial charge in [-0.1, -0.05) is 13.8 Å². The second-order valence-corrected chi connectivity index (χ2v) is 5.98. The number of nitrogens with zero attached hydrogens (tertiary/aromatic N) is 3. The minimum absolute atomic E-state index is 0.106. The molecule has 0 saturated carbocycles. The molecule has 0 radical (unpaired) electrons. The van der Waals surface area contributed by atoms with Crippen molar-refractivity contribution in [3.8, 4) is 0 Å². The number of hydrogen-bond acceptors (Lipinski definition) is 5. The summed E-state index contributed by atoms with van der Waals surface area (Å²) in [5, 5.41) is 0. The Bertz CT molecular complexity index is 589. The van der Waals surface area contributed by atoms with Crippen LogP contribution >= 0.6 is 0 Å². The fourth-order valence-electron chi connectivity index (χ4n) is 2.27. The number of hydrogen-bond donors (Lipinski definition) is 0. The van der Waals surface area contributed by atoms with E-state index in [0.717, 1.165) is 13.7 Å². The first-order chi connectivity index (χ1) is 9.97. The summed E-state index contributed by atoms with van der Waals surface area (Å²) in [6, 6.07) is 0. The lowest BCUT2D eigenvalue weighted by Crippen LogP contribution is -2.55. The Labute approximate surface area is 120 Å². The molecule has 8 heteroatoms. The molecule has 2 saturated heterocycles. The number of ether oxygens (including phenoxy) is 2. The normalized spacial score (nSPS) is 23.6. The highest BCUT2D eigenvalue weighted by molar-refractivity contribution is 4.84. The van der Waals surface area contributed by atoms with Crippen LogP contribution in [0.4, 0.5) is 0 Å². The Balaban J connectivity index is 2.10. The molecule has 1 aromatic heterocycles. The van der Waals surface area contributed by atoms with E-state index in [4.69, 9.17) is 9.47 Å². The fourth-order valence-corrected chi connectivity index (χ4v) is 2.27. The van der Waals surface area contributed by atoms with Crippen molar-refractivity contribution in [3.63, 3.8) is 0 Å². The van der Waals surface area contributed by atoms with Crippen LogP contribution in [0.2, 0.25) is 0 Å². The molecular weight excluding hydrogens is 278 g/mol. The van der Waals surface area contributed by atoms with Gasteiger partial charge in [-0.05, 0) is 5.92 Å². The van der Waals surface area contributed by atoms with Gasteiger partial charge in [-0.15, -0.1) is 0 Å². The summed E-state index contributed by atoms with van der Waals surface area (Å²) in [7, 11) is 0. The van der Waals surface area contributed by atoms with Gasteiger partial charge in [-0.3, -0.25) is 0 Å². The van der Waals surface area contributed by atoms with Gasteiger partial charge < -0.3 is 9.47 Å². The molecule has 1 aromatic rings. The third kappa shape index (κ3) is 3.01. The quantitative estimate of drug-likeness (QED) is 0.604. The van der Waals surface area contributed by atoms with E-state index in [-0.39, 0.29) is 37.8 Å². The zero-order valence-electron chi connectivity index (χ0n) is 12.2. The van der Waals surface area contributed by atoms with Crippen LogP contribution < -0.4 is 17.1 Å². The van der Waals surface area contributed by atoms with E-state index >= 15 is 0 Å². The number of epoxide rings is 2. The van der Waals surface area contributed by atoms with E-state index in [1.807, 2.05) is 13.8 Å². The van der Waals surface area contributed by atoms with E-state index < -0.39 is 17.1 Å². The molecule has 0 aromatic carbocycles. The van der Waals surface area contributed by atoms with Gasteiger partial charge in [-0.25, -0.2) is 28.1 Å². The van der Waals surface area contributed by atoms with Gasteiger partial charge in [0.15, 0.2) is 0 Å². The van der Waals surface area contributed by atoms with Crippen LogP contribution in [0.25, 0.3) is 0 Å². The molecule has 116 valence electrons. The van der Waals surface area contributed by atoms with Gasteiger partial charge in [0.2, 0.25) is 0 Å². The van der Waals surface area contributed by atoms with Gasteiger partial charge in [0, 0.05) is 6.54 Å². The van der Waals surface area contributed by atoms with E-state index in [2.05, 4.69) is 0 Å². The van der Waals surface area contributed by atoms with Crippen molar-refractivity contribution in [2.45, 2.75) is 45.7 Å². The van der Waals surface area contributed by atoms with Crippen molar-refractivity contribution in [1.29, 1.82) is 0 Å². The summed E-state index contributed by atoms with van der Waals surface area (Å²) in [6.07, 6.45) is -0.211. The van der Waals surface area contributed by atoms with Gasteiger partial charge in [-0.2, -0.15) is 0 Å². The summed E-state index contributed by atoms with van der Waals surface area (Å²) in [5.41, 5.74) is -1.68. The Morgan fingerprint density at radius 1 is 0.905 bits per heavy atom.